The van der Waals surface area contributed by atoms with Crippen LogP contribution in [0.5, 0.6) is 5.75 Å². The summed E-state index contributed by atoms with van der Waals surface area (Å²) in [5, 5.41) is 15.0. The number of hydrogen-bond acceptors (Lipinski definition) is 3. The van der Waals surface area contributed by atoms with E-state index < -0.39 is 0 Å². The fourth-order valence-electron chi connectivity index (χ4n) is 5.01. The van der Waals surface area contributed by atoms with Gasteiger partial charge in [0.25, 0.3) is 0 Å². The third kappa shape index (κ3) is 4.01. The Balaban J connectivity index is 1.45. The number of nitrogens with one attached hydrogen (secondary N) is 1. The van der Waals surface area contributed by atoms with Crippen molar-refractivity contribution in [3.8, 4) is 16.9 Å². The van der Waals surface area contributed by atoms with Crippen molar-refractivity contribution >= 4 is 5.91 Å². The van der Waals surface area contributed by atoms with E-state index in [0.29, 0.717) is 26.3 Å². The molecule has 0 saturated carbocycles. The van der Waals surface area contributed by atoms with Gasteiger partial charge in [-0.3, -0.25) is 9.90 Å². The Bertz CT molecular complexity index is 1070. The second kappa shape index (κ2) is 9.15. The Morgan fingerprint density at radius 1 is 0.906 bits per heavy atom. The summed E-state index contributed by atoms with van der Waals surface area (Å²) in [6.45, 7) is 3.12. The number of amides is 1. The minimum absolute atomic E-state index is 0.00101. The summed E-state index contributed by atoms with van der Waals surface area (Å²) >= 11 is 0. The summed E-state index contributed by atoms with van der Waals surface area (Å²) in [6.07, 6.45) is 0. The molecule has 2 aliphatic heterocycles. The molecule has 0 aromatic heterocycles. The van der Waals surface area contributed by atoms with Crippen LogP contribution in [-0.4, -0.2) is 43.7 Å². The van der Waals surface area contributed by atoms with Crippen molar-refractivity contribution in [3.05, 3.63) is 90.0 Å². The van der Waals surface area contributed by atoms with Gasteiger partial charge in [0.2, 0.25) is 5.91 Å². The van der Waals surface area contributed by atoms with Crippen molar-refractivity contribution in [2.24, 2.45) is 5.92 Å². The van der Waals surface area contributed by atoms with Gasteiger partial charge in [-0.1, -0.05) is 66.7 Å². The van der Waals surface area contributed by atoms with Crippen molar-refractivity contribution in [2.45, 2.75) is 12.0 Å². The summed E-state index contributed by atoms with van der Waals surface area (Å²) in [5.74, 6) is 0.118. The van der Waals surface area contributed by atoms with Gasteiger partial charge in [-0.25, -0.2) is 0 Å². The summed E-state index contributed by atoms with van der Waals surface area (Å²) in [5.41, 5.74) is 4.35. The van der Waals surface area contributed by atoms with E-state index >= 15 is 0 Å². The Labute approximate surface area is 188 Å². The van der Waals surface area contributed by atoms with Crippen LogP contribution in [0, 0.1) is 5.92 Å². The normalized spacial score (nSPS) is 23.2. The van der Waals surface area contributed by atoms with Crippen LogP contribution in [0.1, 0.15) is 23.1 Å². The Morgan fingerprint density at radius 2 is 1.66 bits per heavy atom. The molecule has 163 valence electrons. The summed E-state index contributed by atoms with van der Waals surface area (Å²) in [6, 6.07) is 25.3. The zero-order valence-electron chi connectivity index (χ0n) is 17.9. The van der Waals surface area contributed by atoms with Crippen LogP contribution in [0.2, 0.25) is 0 Å². The number of carbonyl (C=O) groups excluding carboxylic acids is 1. The van der Waals surface area contributed by atoms with Crippen molar-refractivity contribution in [1.82, 2.24) is 10.2 Å². The lowest BCUT2D eigenvalue weighted by atomic mass is 9.83. The lowest BCUT2D eigenvalue weighted by Crippen LogP contribution is -2.47. The maximum atomic E-state index is 13.8. The Morgan fingerprint density at radius 3 is 2.47 bits per heavy atom. The standard InChI is InChI=1S/C27H27N2O3/c30-21-12-10-19(11-13-21)22-8-4-5-9-23(22)24-16-28-17-25(24)27(31)29-14-15-32-18-26(29)20-6-2-1-3-7-20/h1-13,24-26,28H,14-18H2/t24-,25+,26+/m0/s1. The maximum absolute atomic E-state index is 13.8. The highest BCUT2D eigenvalue weighted by Gasteiger charge is 2.40. The predicted octanol–water partition coefficient (Wildman–Crippen LogP) is 4.40. The summed E-state index contributed by atoms with van der Waals surface area (Å²) in [7, 11) is 0. The largest absolute Gasteiger partial charge is 0.377 e. The van der Waals surface area contributed by atoms with Gasteiger partial charge in [-0.2, -0.15) is 0 Å². The molecule has 1 N–H and O–H groups in total. The average molecular weight is 428 g/mol. The molecule has 2 fully saturated rings. The number of rotatable bonds is 4. The van der Waals surface area contributed by atoms with E-state index in [-0.39, 0.29) is 29.5 Å². The number of benzene rings is 3. The second-order valence-electron chi connectivity index (χ2n) is 8.52. The van der Waals surface area contributed by atoms with Crippen LogP contribution < -0.4 is 5.32 Å². The van der Waals surface area contributed by atoms with Gasteiger partial charge in [0.05, 0.1) is 25.2 Å². The van der Waals surface area contributed by atoms with Crippen LogP contribution in [0.25, 0.3) is 11.1 Å². The van der Waals surface area contributed by atoms with Crippen LogP contribution in [0.3, 0.4) is 0 Å². The van der Waals surface area contributed by atoms with E-state index in [9.17, 15) is 9.90 Å². The molecule has 0 bridgehead atoms. The quantitative estimate of drug-likeness (QED) is 0.671. The lowest BCUT2D eigenvalue weighted by molar-refractivity contribution is -0.144. The van der Waals surface area contributed by atoms with E-state index in [1.54, 1.807) is 12.1 Å². The molecular weight excluding hydrogens is 400 g/mol. The molecule has 3 atom stereocenters. The third-order valence-corrected chi connectivity index (χ3v) is 6.65. The molecular formula is C27H27N2O3. The maximum Gasteiger partial charge on any atom is 0.228 e. The fourth-order valence-corrected chi connectivity index (χ4v) is 5.01. The molecule has 32 heavy (non-hydrogen) atoms. The molecule has 0 spiro atoms. The van der Waals surface area contributed by atoms with E-state index in [2.05, 4.69) is 29.6 Å². The number of morpholine rings is 1. The predicted molar refractivity (Wildman–Crippen MR) is 123 cm³/mol. The highest BCUT2D eigenvalue weighted by molar-refractivity contribution is 5.82. The van der Waals surface area contributed by atoms with Crippen molar-refractivity contribution in [1.29, 1.82) is 0 Å². The lowest BCUT2D eigenvalue weighted by Gasteiger charge is -2.38. The van der Waals surface area contributed by atoms with Gasteiger partial charge in [0.1, 0.15) is 0 Å². The van der Waals surface area contributed by atoms with E-state index in [1.165, 1.54) is 0 Å². The van der Waals surface area contributed by atoms with E-state index in [1.807, 2.05) is 47.4 Å². The minimum atomic E-state index is -0.140. The van der Waals surface area contributed by atoms with E-state index in [4.69, 9.17) is 4.74 Å². The highest BCUT2D eigenvalue weighted by Crippen LogP contribution is 2.38. The minimum Gasteiger partial charge on any atom is -0.377 e. The summed E-state index contributed by atoms with van der Waals surface area (Å²) in [4.78, 5) is 15.9. The second-order valence-corrected chi connectivity index (χ2v) is 8.52. The molecule has 0 unspecified atom stereocenters. The number of nitrogens with zero attached hydrogens (tertiary/aromatic N) is 1. The van der Waals surface area contributed by atoms with Gasteiger partial charge >= 0.3 is 0 Å². The first-order chi connectivity index (χ1) is 15.7. The summed E-state index contributed by atoms with van der Waals surface area (Å²) < 4.78 is 5.74. The SMILES string of the molecule is [O]c1ccc(-c2ccccc2[C@@H]2CNC[C@H]2C(=O)N2CCOC[C@@H]2c2ccccc2)cc1. The van der Waals surface area contributed by atoms with Crippen LogP contribution in [0.4, 0.5) is 0 Å². The van der Waals surface area contributed by atoms with Crippen molar-refractivity contribution in [2.75, 3.05) is 32.8 Å². The molecule has 2 heterocycles. The molecule has 0 aliphatic carbocycles. The molecule has 1 amide bonds. The van der Waals surface area contributed by atoms with E-state index in [0.717, 1.165) is 28.8 Å². The number of carbonyl (C=O) groups is 1. The average Bonchev–Trinajstić information content (AvgIpc) is 3.34. The first kappa shape index (κ1) is 20.7. The first-order valence-corrected chi connectivity index (χ1v) is 11.2. The Kier molecular flexibility index (Phi) is 5.93. The Hall–Kier alpha value is -3.15. The third-order valence-electron chi connectivity index (χ3n) is 6.65. The molecule has 5 heteroatoms. The van der Waals surface area contributed by atoms with Crippen molar-refractivity contribution < 1.29 is 14.6 Å². The van der Waals surface area contributed by atoms with Crippen LogP contribution in [0.15, 0.2) is 78.9 Å². The first-order valence-electron chi connectivity index (χ1n) is 11.2. The molecule has 2 saturated heterocycles. The van der Waals surface area contributed by atoms with Gasteiger partial charge in [0, 0.05) is 25.6 Å². The van der Waals surface area contributed by atoms with Gasteiger partial charge in [-0.15, -0.1) is 0 Å². The smallest absolute Gasteiger partial charge is 0.228 e. The number of hydrogen-bond donors (Lipinski definition) is 1. The monoisotopic (exact) mass is 427 g/mol. The van der Waals surface area contributed by atoms with Gasteiger partial charge in [0.15, 0.2) is 5.75 Å². The van der Waals surface area contributed by atoms with Crippen LogP contribution >= 0.6 is 0 Å². The molecule has 3 aromatic carbocycles. The van der Waals surface area contributed by atoms with Gasteiger partial charge in [-0.05, 0) is 34.4 Å². The fraction of sp³-hybridized carbons (Fsp3) is 0.296. The highest BCUT2D eigenvalue weighted by atomic mass is 16.5. The molecule has 5 nitrogen and oxygen atoms in total. The molecule has 5 rings (SSSR count). The zero-order valence-corrected chi connectivity index (χ0v) is 17.9. The van der Waals surface area contributed by atoms with Gasteiger partial charge < -0.3 is 15.0 Å². The topological polar surface area (TPSA) is 61.5 Å². The molecule has 2 aliphatic rings. The van der Waals surface area contributed by atoms with Crippen LogP contribution in [-0.2, 0) is 14.6 Å². The zero-order chi connectivity index (χ0) is 21.9. The number of ether oxygens (including phenoxy) is 1. The molecule has 3 aromatic rings. The van der Waals surface area contributed by atoms with Crippen molar-refractivity contribution in [3.63, 3.8) is 0 Å². The molecule has 1 radical (unpaired) electrons.